The van der Waals surface area contributed by atoms with E-state index >= 15 is 0 Å². The zero-order valence-electron chi connectivity index (χ0n) is 10.6. The van der Waals surface area contributed by atoms with Gasteiger partial charge in [0, 0.05) is 18.9 Å². The van der Waals surface area contributed by atoms with Crippen molar-refractivity contribution in [2.24, 2.45) is 0 Å². The summed E-state index contributed by atoms with van der Waals surface area (Å²) in [6.07, 6.45) is 3.23. The van der Waals surface area contributed by atoms with Crippen molar-refractivity contribution in [3.05, 3.63) is 52.6 Å². The minimum absolute atomic E-state index is 0.310. The first-order valence-corrected chi connectivity index (χ1v) is 7.89. The van der Waals surface area contributed by atoms with Crippen molar-refractivity contribution in [2.75, 3.05) is 6.26 Å². The molecule has 1 aromatic heterocycles. The second kappa shape index (κ2) is 5.27. The highest BCUT2D eigenvalue weighted by Crippen LogP contribution is 2.17. The van der Waals surface area contributed by atoms with Crippen LogP contribution in [0.4, 0.5) is 0 Å². The monoisotopic (exact) mass is 296 g/mol. The van der Waals surface area contributed by atoms with Gasteiger partial charge in [0.2, 0.25) is 0 Å². The summed E-state index contributed by atoms with van der Waals surface area (Å²) in [7, 11) is -3.22. The molecule has 1 heterocycles. The van der Waals surface area contributed by atoms with Gasteiger partial charge in [0.1, 0.15) is 11.0 Å². The summed E-state index contributed by atoms with van der Waals surface area (Å²) >= 11 is 5.80. The van der Waals surface area contributed by atoms with E-state index < -0.39 is 9.84 Å². The molecule has 0 unspecified atom stereocenters. The average molecular weight is 297 g/mol. The Morgan fingerprint density at radius 2 is 2.00 bits per heavy atom. The van der Waals surface area contributed by atoms with E-state index in [1.807, 2.05) is 13.0 Å². The minimum Gasteiger partial charge on any atom is -0.241 e. The lowest BCUT2D eigenvalue weighted by Crippen LogP contribution is -2.01. The molecule has 19 heavy (non-hydrogen) atoms. The van der Waals surface area contributed by atoms with Crippen molar-refractivity contribution >= 4 is 21.4 Å². The van der Waals surface area contributed by atoms with Crippen LogP contribution in [-0.4, -0.2) is 24.6 Å². The van der Waals surface area contributed by atoms with Crippen LogP contribution in [-0.2, 0) is 16.3 Å². The van der Waals surface area contributed by atoms with Crippen LogP contribution in [0.5, 0.6) is 0 Å². The van der Waals surface area contributed by atoms with Crippen LogP contribution in [0.15, 0.2) is 35.4 Å². The molecule has 0 saturated heterocycles. The summed E-state index contributed by atoms with van der Waals surface area (Å²) in [6.45, 7) is 1.86. The van der Waals surface area contributed by atoms with E-state index in [2.05, 4.69) is 9.97 Å². The third-order valence-corrected chi connectivity index (χ3v) is 3.88. The maximum atomic E-state index is 11.6. The van der Waals surface area contributed by atoms with Gasteiger partial charge in [-0.05, 0) is 36.2 Å². The van der Waals surface area contributed by atoms with E-state index in [0.717, 1.165) is 11.1 Å². The van der Waals surface area contributed by atoms with Crippen molar-refractivity contribution in [2.45, 2.75) is 18.2 Å². The fourth-order valence-corrected chi connectivity index (χ4v) is 2.70. The summed E-state index contributed by atoms with van der Waals surface area (Å²) in [6, 6.07) is 6.81. The number of rotatable bonds is 3. The number of aromatic nitrogens is 2. The van der Waals surface area contributed by atoms with E-state index in [0.29, 0.717) is 22.3 Å². The van der Waals surface area contributed by atoms with Crippen LogP contribution in [0.1, 0.15) is 17.0 Å². The van der Waals surface area contributed by atoms with Crippen LogP contribution in [0.3, 0.4) is 0 Å². The van der Waals surface area contributed by atoms with E-state index in [1.165, 1.54) is 6.26 Å². The third-order valence-electron chi connectivity index (χ3n) is 2.57. The van der Waals surface area contributed by atoms with Gasteiger partial charge in [-0.2, -0.15) is 0 Å². The highest BCUT2D eigenvalue weighted by molar-refractivity contribution is 7.90. The van der Waals surface area contributed by atoms with Crippen LogP contribution in [0.25, 0.3) is 0 Å². The first-order chi connectivity index (χ1) is 8.84. The number of halogens is 1. The van der Waals surface area contributed by atoms with E-state index in [4.69, 9.17) is 11.6 Å². The molecule has 0 radical (unpaired) electrons. The SMILES string of the molecule is Cc1cc(Cc2nccc(Cl)n2)cc(S(C)(=O)=O)c1. The number of hydrogen-bond donors (Lipinski definition) is 0. The number of benzene rings is 1. The highest BCUT2D eigenvalue weighted by atomic mass is 35.5. The number of hydrogen-bond acceptors (Lipinski definition) is 4. The van der Waals surface area contributed by atoms with Crippen molar-refractivity contribution < 1.29 is 8.42 Å². The van der Waals surface area contributed by atoms with Gasteiger partial charge in [0.25, 0.3) is 0 Å². The average Bonchev–Trinajstić information content (AvgIpc) is 2.26. The quantitative estimate of drug-likeness (QED) is 0.816. The minimum atomic E-state index is -3.22. The van der Waals surface area contributed by atoms with Crippen molar-refractivity contribution in [1.82, 2.24) is 9.97 Å². The number of sulfone groups is 1. The molecule has 4 nitrogen and oxygen atoms in total. The van der Waals surface area contributed by atoms with Gasteiger partial charge in [-0.3, -0.25) is 0 Å². The largest absolute Gasteiger partial charge is 0.241 e. The van der Waals surface area contributed by atoms with Crippen LogP contribution in [0.2, 0.25) is 5.15 Å². The molecule has 0 N–H and O–H groups in total. The fraction of sp³-hybridized carbons (Fsp3) is 0.231. The molecule has 0 aliphatic rings. The second-order valence-electron chi connectivity index (χ2n) is 4.40. The molecule has 0 amide bonds. The Labute approximate surface area is 117 Å². The van der Waals surface area contributed by atoms with E-state index in [-0.39, 0.29) is 0 Å². The van der Waals surface area contributed by atoms with Gasteiger partial charge in [-0.15, -0.1) is 0 Å². The standard InChI is InChI=1S/C13H13ClN2O2S/c1-9-5-10(7-11(6-9)19(2,17)18)8-13-15-4-3-12(14)16-13/h3-7H,8H2,1-2H3. The summed E-state index contributed by atoms with van der Waals surface area (Å²) in [5.74, 6) is 0.567. The molecular weight excluding hydrogens is 284 g/mol. The molecule has 1 aromatic carbocycles. The Bertz CT molecular complexity index is 714. The Kier molecular flexibility index (Phi) is 3.87. The molecule has 0 aliphatic heterocycles. The molecule has 2 aromatic rings. The predicted molar refractivity (Wildman–Crippen MR) is 74.1 cm³/mol. The zero-order valence-corrected chi connectivity index (χ0v) is 12.2. The lowest BCUT2D eigenvalue weighted by Gasteiger charge is -2.06. The molecule has 0 saturated carbocycles. The molecule has 0 atom stereocenters. The fourth-order valence-electron chi connectivity index (χ4n) is 1.78. The van der Waals surface area contributed by atoms with Gasteiger partial charge in [0.15, 0.2) is 9.84 Å². The summed E-state index contributed by atoms with van der Waals surface area (Å²) in [4.78, 5) is 8.52. The topological polar surface area (TPSA) is 59.9 Å². The normalized spacial score (nSPS) is 11.5. The molecule has 0 aliphatic carbocycles. The Balaban J connectivity index is 2.38. The van der Waals surface area contributed by atoms with Crippen LogP contribution < -0.4 is 0 Å². The molecule has 6 heteroatoms. The lowest BCUT2D eigenvalue weighted by atomic mass is 10.1. The summed E-state index contributed by atoms with van der Waals surface area (Å²) < 4.78 is 23.2. The second-order valence-corrected chi connectivity index (χ2v) is 6.80. The van der Waals surface area contributed by atoms with Gasteiger partial charge in [0.05, 0.1) is 4.90 Å². The van der Waals surface area contributed by atoms with E-state index in [9.17, 15) is 8.42 Å². The Morgan fingerprint density at radius 1 is 1.26 bits per heavy atom. The van der Waals surface area contributed by atoms with Gasteiger partial charge < -0.3 is 0 Å². The maximum absolute atomic E-state index is 11.6. The van der Waals surface area contributed by atoms with Crippen molar-refractivity contribution in [3.63, 3.8) is 0 Å². The van der Waals surface area contributed by atoms with E-state index in [1.54, 1.807) is 24.4 Å². The van der Waals surface area contributed by atoms with Crippen molar-refractivity contribution in [3.8, 4) is 0 Å². The first kappa shape index (κ1) is 14.0. The highest BCUT2D eigenvalue weighted by Gasteiger charge is 2.10. The molecule has 0 fully saturated rings. The van der Waals surface area contributed by atoms with Gasteiger partial charge in [-0.1, -0.05) is 17.7 Å². The Morgan fingerprint density at radius 3 is 2.63 bits per heavy atom. The van der Waals surface area contributed by atoms with Crippen LogP contribution >= 0.6 is 11.6 Å². The molecular formula is C13H13ClN2O2S. The maximum Gasteiger partial charge on any atom is 0.175 e. The molecule has 2 rings (SSSR count). The summed E-state index contributed by atoms with van der Waals surface area (Å²) in [5, 5.41) is 0.376. The summed E-state index contributed by atoms with van der Waals surface area (Å²) in [5.41, 5.74) is 1.74. The van der Waals surface area contributed by atoms with Gasteiger partial charge >= 0.3 is 0 Å². The molecule has 0 bridgehead atoms. The smallest absolute Gasteiger partial charge is 0.175 e. The van der Waals surface area contributed by atoms with Crippen molar-refractivity contribution in [1.29, 1.82) is 0 Å². The third kappa shape index (κ3) is 3.75. The van der Waals surface area contributed by atoms with Gasteiger partial charge in [-0.25, -0.2) is 18.4 Å². The Hall–Kier alpha value is -1.46. The number of aryl methyl sites for hydroxylation is 1. The number of nitrogens with zero attached hydrogens (tertiary/aromatic N) is 2. The first-order valence-electron chi connectivity index (χ1n) is 5.62. The predicted octanol–water partition coefficient (Wildman–Crippen LogP) is 2.43. The molecule has 100 valence electrons. The zero-order chi connectivity index (χ0) is 14.0. The van der Waals surface area contributed by atoms with Crippen LogP contribution in [0, 0.1) is 6.92 Å². The lowest BCUT2D eigenvalue weighted by molar-refractivity contribution is 0.601. The molecule has 0 spiro atoms.